The van der Waals surface area contributed by atoms with E-state index < -0.39 is 0 Å². The van der Waals surface area contributed by atoms with E-state index in [1.54, 1.807) is 0 Å². The Kier molecular flexibility index (Phi) is 10.3. The molecule has 0 bridgehead atoms. The highest BCUT2D eigenvalue weighted by Gasteiger charge is 2.23. The summed E-state index contributed by atoms with van der Waals surface area (Å²) in [6.07, 6.45) is 0. The van der Waals surface area contributed by atoms with Crippen molar-refractivity contribution >= 4 is 43.6 Å². The van der Waals surface area contributed by atoms with E-state index in [9.17, 15) is 0 Å². The van der Waals surface area contributed by atoms with Crippen LogP contribution in [0, 0.1) is 27.7 Å². The first kappa shape index (κ1) is 42.9. The van der Waals surface area contributed by atoms with Crippen LogP contribution >= 0.6 is 0 Å². The second-order valence-electron chi connectivity index (χ2n) is 19.1. The van der Waals surface area contributed by atoms with Crippen LogP contribution in [-0.4, -0.2) is 24.1 Å². The first-order chi connectivity index (χ1) is 35.3. The number of nitrogens with zero attached hydrogens (tertiary/aromatic N) is 5. The fourth-order valence-corrected chi connectivity index (χ4v) is 11.0. The fraction of sp³-hybridized carbons (Fsp3) is 0.0597. The zero-order valence-electron chi connectivity index (χ0n) is 40.6. The summed E-state index contributed by atoms with van der Waals surface area (Å²) in [6.45, 7) is 8.74. The van der Waals surface area contributed by atoms with Crippen LogP contribution in [0.5, 0.6) is 0 Å². The molecule has 0 spiro atoms. The van der Waals surface area contributed by atoms with Crippen molar-refractivity contribution in [3.8, 4) is 78.9 Å². The normalized spacial score (nSPS) is 11.6. The maximum Gasteiger partial charge on any atom is 0.166 e. The van der Waals surface area contributed by atoms with Crippen molar-refractivity contribution in [1.82, 2.24) is 24.1 Å². The molecule has 0 aliphatic rings. The quantitative estimate of drug-likeness (QED) is 0.153. The molecule has 0 atom stereocenters. The van der Waals surface area contributed by atoms with Crippen LogP contribution in [0.2, 0.25) is 0 Å². The molecule has 3 aromatic heterocycles. The lowest BCUT2D eigenvalue weighted by Gasteiger charge is -2.17. The van der Waals surface area contributed by atoms with Gasteiger partial charge < -0.3 is 9.13 Å². The lowest BCUT2D eigenvalue weighted by Crippen LogP contribution is -2.04. The van der Waals surface area contributed by atoms with E-state index in [0.717, 1.165) is 72.4 Å². The molecule has 0 aliphatic carbocycles. The largest absolute Gasteiger partial charge is 0.309 e. The molecule has 0 amide bonds. The second-order valence-corrected chi connectivity index (χ2v) is 19.1. The van der Waals surface area contributed by atoms with Crippen LogP contribution in [-0.2, 0) is 0 Å². The molecule has 0 unspecified atom stereocenters. The SMILES string of the molecule is Cc1ccc(-c2ccc3c4ccc(-c5ccc(C)cc5C)cc4n(-c4ccc(-c5cccc6c5c5ccccc5n6-c5ccccc5)cc4-c4nc(-c5ccccc5)nc(-c5ccccc5)n4)c3c2)c(C)c1. The van der Waals surface area contributed by atoms with E-state index in [1.165, 1.54) is 54.9 Å². The highest BCUT2D eigenvalue weighted by molar-refractivity contribution is 6.16. The summed E-state index contributed by atoms with van der Waals surface area (Å²) in [5.41, 5.74) is 21.2. The monoisotopic (exact) mass is 923 g/mol. The van der Waals surface area contributed by atoms with Gasteiger partial charge in [0.1, 0.15) is 0 Å². The first-order valence-corrected chi connectivity index (χ1v) is 24.7. The average Bonchev–Trinajstić information content (AvgIpc) is 3.94. The Labute approximate surface area is 419 Å². The lowest BCUT2D eigenvalue weighted by atomic mass is 9.96. The van der Waals surface area contributed by atoms with Gasteiger partial charge in [0.2, 0.25) is 0 Å². The van der Waals surface area contributed by atoms with Crippen molar-refractivity contribution in [3.63, 3.8) is 0 Å². The zero-order chi connectivity index (χ0) is 48.5. The van der Waals surface area contributed by atoms with Crippen molar-refractivity contribution < 1.29 is 0 Å². The van der Waals surface area contributed by atoms with Gasteiger partial charge >= 0.3 is 0 Å². The molecule has 5 nitrogen and oxygen atoms in total. The van der Waals surface area contributed by atoms with Gasteiger partial charge in [-0.25, -0.2) is 15.0 Å². The molecule has 0 saturated heterocycles. The maximum atomic E-state index is 5.45. The molecule has 10 aromatic carbocycles. The Morgan fingerprint density at radius 1 is 0.292 bits per heavy atom. The summed E-state index contributed by atoms with van der Waals surface area (Å²) < 4.78 is 4.84. The molecule has 0 fully saturated rings. The van der Waals surface area contributed by atoms with Crippen molar-refractivity contribution in [2.75, 3.05) is 0 Å². The predicted molar refractivity (Wildman–Crippen MR) is 300 cm³/mol. The number of hydrogen-bond donors (Lipinski definition) is 0. The fourth-order valence-electron chi connectivity index (χ4n) is 11.0. The van der Waals surface area contributed by atoms with Crippen LogP contribution in [0.1, 0.15) is 22.3 Å². The Hall–Kier alpha value is -9.19. The minimum Gasteiger partial charge on any atom is -0.309 e. The molecule has 0 aliphatic heterocycles. The Morgan fingerprint density at radius 3 is 1.38 bits per heavy atom. The van der Waals surface area contributed by atoms with E-state index >= 15 is 0 Å². The van der Waals surface area contributed by atoms with E-state index in [1.807, 2.05) is 36.4 Å². The highest BCUT2D eigenvalue weighted by Crippen LogP contribution is 2.44. The standard InChI is InChI=1S/C67H49N5/c1-42-27-32-52(44(3)37-42)49-29-34-55-56-35-30-50(53-33-28-43(2)38-45(53)4)41-63(56)72(62(55)40-49)60-36-31-48(54-24-16-26-61-64(54)57-23-14-15-25-59(57)71(61)51-21-12-7-13-22-51)39-58(60)67-69-65(46-17-8-5-9-18-46)68-66(70-67)47-19-10-6-11-20-47/h5-41H,1-4H3. The topological polar surface area (TPSA) is 48.5 Å². The Bertz CT molecular complexity index is 4070. The number of aromatic nitrogens is 5. The van der Waals surface area contributed by atoms with Crippen molar-refractivity contribution in [2.24, 2.45) is 0 Å². The van der Waals surface area contributed by atoms with E-state index in [0.29, 0.717) is 17.5 Å². The van der Waals surface area contributed by atoms with Gasteiger partial charge in [0.15, 0.2) is 17.5 Å². The second kappa shape index (κ2) is 17.3. The number of rotatable bonds is 8. The van der Waals surface area contributed by atoms with Gasteiger partial charge in [-0.2, -0.15) is 0 Å². The molecular formula is C67H49N5. The summed E-state index contributed by atoms with van der Waals surface area (Å²) in [7, 11) is 0. The lowest BCUT2D eigenvalue weighted by molar-refractivity contribution is 1.06. The smallest absolute Gasteiger partial charge is 0.166 e. The highest BCUT2D eigenvalue weighted by atomic mass is 15.1. The van der Waals surface area contributed by atoms with Crippen LogP contribution in [0.15, 0.2) is 224 Å². The molecule has 0 radical (unpaired) electrons. The summed E-state index contributed by atoms with van der Waals surface area (Å²) in [6, 6.07) is 80.9. The first-order valence-electron chi connectivity index (χ1n) is 24.7. The van der Waals surface area contributed by atoms with Gasteiger partial charge in [-0.15, -0.1) is 0 Å². The third-order valence-corrected chi connectivity index (χ3v) is 14.4. The molecule has 3 heterocycles. The van der Waals surface area contributed by atoms with E-state index in [2.05, 4.69) is 225 Å². The van der Waals surface area contributed by atoms with Crippen LogP contribution < -0.4 is 0 Å². The van der Waals surface area contributed by atoms with E-state index in [4.69, 9.17) is 15.0 Å². The van der Waals surface area contributed by atoms with Crippen LogP contribution in [0.25, 0.3) is 123 Å². The molecule has 5 heteroatoms. The van der Waals surface area contributed by atoms with Gasteiger partial charge in [-0.05, 0) is 121 Å². The minimum atomic E-state index is 0.588. The molecule has 13 aromatic rings. The van der Waals surface area contributed by atoms with Gasteiger partial charge in [-0.1, -0.05) is 187 Å². The Balaban J connectivity index is 1.14. The van der Waals surface area contributed by atoms with Crippen LogP contribution in [0.3, 0.4) is 0 Å². The van der Waals surface area contributed by atoms with Gasteiger partial charge in [0.25, 0.3) is 0 Å². The number of hydrogen-bond acceptors (Lipinski definition) is 3. The molecular weight excluding hydrogens is 875 g/mol. The molecule has 0 saturated carbocycles. The summed E-state index contributed by atoms with van der Waals surface area (Å²) >= 11 is 0. The van der Waals surface area contributed by atoms with Crippen LogP contribution in [0.4, 0.5) is 0 Å². The van der Waals surface area contributed by atoms with Crippen molar-refractivity contribution in [2.45, 2.75) is 27.7 Å². The summed E-state index contributed by atoms with van der Waals surface area (Å²) in [5.74, 6) is 1.81. The summed E-state index contributed by atoms with van der Waals surface area (Å²) in [5, 5.41) is 4.72. The number of fused-ring (bicyclic) bond motifs is 6. The minimum absolute atomic E-state index is 0.588. The molecule has 13 rings (SSSR count). The van der Waals surface area contributed by atoms with Crippen molar-refractivity contribution in [1.29, 1.82) is 0 Å². The molecule has 342 valence electrons. The third kappa shape index (κ3) is 7.28. The van der Waals surface area contributed by atoms with Gasteiger partial charge in [-0.3, -0.25) is 0 Å². The number of para-hydroxylation sites is 2. The maximum absolute atomic E-state index is 5.45. The summed E-state index contributed by atoms with van der Waals surface area (Å²) in [4.78, 5) is 16.1. The Morgan fingerprint density at radius 2 is 0.792 bits per heavy atom. The average molecular weight is 924 g/mol. The third-order valence-electron chi connectivity index (χ3n) is 14.4. The zero-order valence-corrected chi connectivity index (χ0v) is 40.6. The van der Waals surface area contributed by atoms with Gasteiger partial charge in [0.05, 0.1) is 27.8 Å². The van der Waals surface area contributed by atoms with Gasteiger partial charge in [0, 0.05) is 43.9 Å². The number of benzene rings is 10. The number of aryl methyl sites for hydroxylation is 4. The molecule has 0 N–H and O–H groups in total. The van der Waals surface area contributed by atoms with Crippen molar-refractivity contribution in [3.05, 3.63) is 247 Å². The molecule has 72 heavy (non-hydrogen) atoms. The van der Waals surface area contributed by atoms with E-state index in [-0.39, 0.29) is 0 Å². The predicted octanol–water partition coefficient (Wildman–Crippen LogP) is 17.3.